The quantitative estimate of drug-likeness (QED) is 0.707. The Morgan fingerprint density at radius 1 is 1.24 bits per heavy atom. The highest BCUT2D eigenvalue weighted by atomic mass is 16.3. The van der Waals surface area contributed by atoms with Crippen LogP contribution in [0.3, 0.4) is 0 Å². The molecular weight excluding hydrogens is 264 g/mol. The maximum absolute atomic E-state index is 12.3. The molecule has 0 atom stereocenters. The second-order valence-corrected chi connectivity index (χ2v) is 5.28. The topological polar surface area (TPSA) is 43.8 Å². The number of hydrogen-bond acceptors (Lipinski definition) is 3. The van der Waals surface area contributed by atoms with Gasteiger partial charge in [-0.2, -0.15) is 0 Å². The van der Waals surface area contributed by atoms with Gasteiger partial charge in [0.1, 0.15) is 0 Å². The highest BCUT2D eigenvalue weighted by Crippen LogP contribution is 2.05. The first kappa shape index (κ1) is 17.4. The van der Waals surface area contributed by atoms with Crippen LogP contribution in [0.2, 0.25) is 0 Å². The summed E-state index contributed by atoms with van der Waals surface area (Å²) in [6, 6.07) is 9.98. The van der Waals surface area contributed by atoms with Crippen LogP contribution in [0.5, 0.6) is 0 Å². The molecule has 0 aliphatic rings. The minimum Gasteiger partial charge on any atom is -0.395 e. The molecule has 4 nitrogen and oxygen atoms in total. The Morgan fingerprint density at radius 3 is 2.43 bits per heavy atom. The van der Waals surface area contributed by atoms with Crippen molar-refractivity contribution in [3.8, 4) is 0 Å². The molecule has 0 aliphatic heterocycles. The smallest absolute Gasteiger partial charge is 0.237 e. The fourth-order valence-electron chi connectivity index (χ4n) is 2.19. The highest BCUT2D eigenvalue weighted by molar-refractivity contribution is 5.78. The van der Waals surface area contributed by atoms with Gasteiger partial charge in [-0.25, -0.2) is 0 Å². The van der Waals surface area contributed by atoms with Gasteiger partial charge in [-0.3, -0.25) is 9.69 Å². The van der Waals surface area contributed by atoms with Crippen molar-refractivity contribution in [1.82, 2.24) is 9.80 Å². The summed E-state index contributed by atoms with van der Waals surface area (Å²) in [5, 5.41) is 9.19. The van der Waals surface area contributed by atoms with E-state index in [0.29, 0.717) is 32.7 Å². The number of benzene rings is 1. The summed E-state index contributed by atoms with van der Waals surface area (Å²) in [6.07, 6.45) is 0. The predicted molar refractivity (Wildman–Crippen MR) is 85.9 cm³/mol. The average Bonchev–Trinajstić information content (AvgIpc) is 2.45. The van der Waals surface area contributed by atoms with Crippen LogP contribution in [0.15, 0.2) is 42.5 Å². The molecule has 0 bridgehead atoms. The van der Waals surface area contributed by atoms with E-state index in [1.807, 2.05) is 49.1 Å². The third-order valence-electron chi connectivity index (χ3n) is 3.22. The van der Waals surface area contributed by atoms with Crippen LogP contribution in [0.25, 0.3) is 0 Å². The van der Waals surface area contributed by atoms with E-state index >= 15 is 0 Å². The molecular formula is C17H26N2O2. The lowest BCUT2D eigenvalue weighted by molar-refractivity contribution is -0.132. The molecule has 0 saturated heterocycles. The van der Waals surface area contributed by atoms with Gasteiger partial charge in [-0.15, -0.1) is 0 Å². The highest BCUT2D eigenvalue weighted by Gasteiger charge is 2.16. The van der Waals surface area contributed by atoms with E-state index in [4.69, 9.17) is 0 Å². The van der Waals surface area contributed by atoms with Crippen LogP contribution in [0, 0.1) is 0 Å². The Morgan fingerprint density at radius 2 is 1.90 bits per heavy atom. The van der Waals surface area contributed by atoms with Gasteiger partial charge < -0.3 is 10.0 Å². The van der Waals surface area contributed by atoms with E-state index in [1.165, 1.54) is 0 Å². The molecule has 0 unspecified atom stereocenters. The van der Waals surface area contributed by atoms with E-state index in [9.17, 15) is 9.90 Å². The summed E-state index contributed by atoms with van der Waals surface area (Å²) >= 11 is 0. The van der Waals surface area contributed by atoms with Gasteiger partial charge >= 0.3 is 0 Å². The van der Waals surface area contributed by atoms with Crippen LogP contribution < -0.4 is 0 Å². The van der Waals surface area contributed by atoms with Gasteiger partial charge in [-0.1, -0.05) is 42.5 Å². The second kappa shape index (κ2) is 9.32. The largest absolute Gasteiger partial charge is 0.395 e. The molecule has 1 N–H and O–H groups in total. The normalized spacial score (nSPS) is 10.7. The molecule has 0 radical (unpaired) electrons. The van der Waals surface area contributed by atoms with Gasteiger partial charge in [0, 0.05) is 26.2 Å². The molecule has 0 fully saturated rings. The van der Waals surface area contributed by atoms with Gasteiger partial charge in [0.25, 0.3) is 0 Å². The molecule has 116 valence electrons. The molecule has 1 aromatic rings. The first-order valence-electron chi connectivity index (χ1n) is 7.36. The Bertz CT molecular complexity index is 445. The molecule has 1 aromatic carbocycles. The number of nitrogens with zero attached hydrogens (tertiary/aromatic N) is 2. The van der Waals surface area contributed by atoms with Crippen LogP contribution in [0.1, 0.15) is 19.4 Å². The van der Waals surface area contributed by atoms with Crippen molar-refractivity contribution in [3.05, 3.63) is 48.0 Å². The zero-order valence-corrected chi connectivity index (χ0v) is 13.1. The molecule has 4 heteroatoms. The monoisotopic (exact) mass is 290 g/mol. The van der Waals surface area contributed by atoms with E-state index in [2.05, 4.69) is 6.58 Å². The van der Waals surface area contributed by atoms with Crippen molar-refractivity contribution < 1.29 is 9.90 Å². The first-order valence-corrected chi connectivity index (χ1v) is 7.36. The van der Waals surface area contributed by atoms with Gasteiger partial charge in [0.15, 0.2) is 0 Å². The minimum atomic E-state index is 0.0483. The van der Waals surface area contributed by atoms with E-state index in [0.717, 1.165) is 11.1 Å². The molecule has 0 heterocycles. The lowest BCUT2D eigenvalue weighted by Crippen LogP contribution is -2.41. The van der Waals surface area contributed by atoms with E-state index < -0.39 is 0 Å². The third kappa shape index (κ3) is 6.56. The molecule has 21 heavy (non-hydrogen) atoms. The Hall–Kier alpha value is -1.65. The molecule has 0 spiro atoms. The van der Waals surface area contributed by atoms with Crippen molar-refractivity contribution in [2.75, 3.05) is 32.8 Å². The fraction of sp³-hybridized carbons (Fsp3) is 0.471. The summed E-state index contributed by atoms with van der Waals surface area (Å²) in [6.45, 7) is 10.5. The van der Waals surface area contributed by atoms with Crippen LogP contribution >= 0.6 is 0 Å². The van der Waals surface area contributed by atoms with Crippen molar-refractivity contribution in [2.45, 2.75) is 20.4 Å². The third-order valence-corrected chi connectivity index (χ3v) is 3.22. The number of rotatable bonds is 9. The van der Waals surface area contributed by atoms with Crippen LogP contribution in [-0.2, 0) is 11.3 Å². The zero-order valence-electron chi connectivity index (χ0n) is 13.1. The Balaban J connectivity index is 2.64. The average molecular weight is 290 g/mol. The minimum absolute atomic E-state index is 0.0483. The van der Waals surface area contributed by atoms with Gasteiger partial charge in [-0.05, 0) is 19.4 Å². The fourth-order valence-corrected chi connectivity index (χ4v) is 2.19. The lowest BCUT2D eigenvalue weighted by Gasteiger charge is -2.26. The summed E-state index contributed by atoms with van der Waals surface area (Å²) < 4.78 is 0. The standard InChI is InChI=1S/C17H26N2O2/c1-4-19(12-15(2)3)17(21)14-18(10-11-20)13-16-8-6-5-7-9-16/h5-9,20H,2,4,10-14H2,1,3H3. The molecule has 0 aliphatic carbocycles. The first-order chi connectivity index (χ1) is 10.1. The van der Waals surface area contributed by atoms with Gasteiger partial charge in [0.2, 0.25) is 5.91 Å². The number of likely N-dealkylation sites (N-methyl/N-ethyl adjacent to an activating group) is 1. The number of aliphatic hydroxyl groups is 1. The predicted octanol–water partition coefficient (Wildman–Crippen LogP) is 1.91. The van der Waals surface area contributed by atoms with Crippen LogP contribution in [0.4, 0.5) is 0 Å². The number of carbonyl (C=O) groups is 1. The van der Waals surface area contributed by atoms with Crippen molar-refractivity contribution in [3.63, 3.8) is 0 Å². The summed E-state index contributed by atoms with van der Waals surface area (Å²) in [5.74, 6) is 0.0740. The summed E-state index contributed by atoms with van der Waals surface area (Å²) in [7, 11) is 0. The summed E-state index contributed by atoms with van der Waals surface area (Å²) in [5.41, 5.74) is 2.11. The van der Waals surface area contributed by atoms with Crippen LogP contribution in [-0.4, -0.2) is 53.6 Å². The van der Waals surface area contributed by atoms with E-state index in [-0.39, 0.29) is 12.5 Å². The maximum atomic E-state index is 12.3. The van der Waals surface area contributed by atoms with Crippen molar-refractivity contribution in [1.29, 1.82) is 0 Å². The SMILES string of the molecule is C=C(C)CN(CC)C(=O)CN(CCO)Cc1ccccc1. The second-order valence-electron chi connectivity index (χ2n) is 5.28. The van der Waals surface area contributed by atoms with Crippen molar-refractivity contribution in [2.24, 2.45) is 0 Å². The molecule has 0 aromatic heterocycles. The van der Waals surface area contributed by atoms with E-state index in [1.54, 1.807) is 4.90 Å². The number of hydrogen-bond donors (Lipinski definition) is 1. The number of carbonyl (C=O) groups excluding carboxylic acids is 1. The molecule has 0 saturated carbocycles. The Kier molecular flexibility index (Phi) is 7.72. The number of amides is 1. The lowest BCUT2D eigenvalue weighted by atomic mass is 10.2. The molecule has 1 rings (SSSR count). The molecule has 1 amide bonds. The zero-order chi connectivity index (χ0) is 15.7. The number of aliphatic hydroxyl groups excluding tert-OH is 1. The van der Waals surface area contributed by atoms with Crippen molar-refractivity contribution >= 4 is 5.91 Å². The van der Waals surface area contributed by atoms with Gasteiger partial charge in [0.05, 0.1) is 13.2 Å². The maximum Gasteiger partial charge on any atom is 0.237 e. The Labute approximate surface area is 127 Å². The summed E-state index contributed by atoms with van der Waals surface area (Å²) in [4.78, 5) is 16.1.